The molecule has 2 aromatic carbocycles. The van der Waals surface area contributed by atoms with Gasteiger partial charge in [-0.25, -0.2) is 0 Å². The zero-order valence-corrected chi connectivity index (χ0v) is 11.3. The number of carbonyl (C=O) groups excluding carboxylic acids is 1. The van der Waals surface area contributed by atoms with Crippen LogP contribution in [0, 0.1) is 0 Å². The third-order valence-electron chi connectivity index (χ3n) is 3.37. The number of ether oxygens (including phenoxy) is 2. The van der Waals surface area contributed by atoms with Crippen LogP contribution in [-0.2, 0) is 6.54 Å². The molecule has 1 aliphatic heterocycles. The van der Waals surface area contributed by atoms with E-state index in [4.69, 9.17) is 4.74 Å². The van der Waals surface area contributed by atoms with Gasteiger partial charge in [-0.3, -0.25) is 4.79 Å². The summed E-state index contributed by atoms with van der Waals surface area (Å²) in [4.78, 5) is 12.0. The second-order valence-electron chi connectivity index (χ2n) is 4.55. The summed E-state index contributed by atoms with van der Waals surface area (Å²) in [7, 11) is 0. The maximum atomic E-state index is 12.7. The number of halogens is 2. The Balaban J connectivity index is 2.36. The number of carbonyl (C=O) groups is 1. The van der Waals surface area contributed by atoms with Crippen LogP contribution in [0.4, 0.5) is 8.78 Å². The molecule has 3 rings (SSSR count). The van der Waals surface area contributed by atoms with Crippen molar-refractivity contribution in [2.24, 2.45) is 0 Å². The van der Waals surface area contributed by atoms with Crippen LogP contribution >= 0.6 is 0 Å². The first-order valence-corrected chi connectivity index (χ1v) is 6.56. The number of amides is 1. The molecule has 0 aromatic heterocycles. The fourth-order valence-electron chi connectivity index (χ4n) is 2.61. The van der Waals surface area contributed by atoms with Crippen LogP contribution in [0.1, 0.15) is 22.8 Å². The summed E-state index contributed by atoms with van der Waals surface area (Å²) in [6, 6.07) is 6.90. The smallest absolute Gasteiger partial charge is 0.387 e. The molecule has 110 valence electrons. The van der Waals surface area contributed by atoms with Crippen molar-refractivity contribution in [2.45, 2.75) is 20.1 Å². The summed E-state index contributed by atoms with van der Waals surface area (Å²) in [5.41, 5.74) is 0.702. The summed E-state index contributed by atoms with van der Waals surface area (Å²) in [6.07, 6.45) is 0. The summed E-state index contributed by atoms with van der Waals surface area (Å²) in [5, 5.41) is 3.73. The number of hydrogen-bond donors (Lipinski definition) is 1. The normalized spacial score (nSPS) is 13.4. The fraction of sp³-hybridized carbons (Fsp3) is 0.267. The van der Waals surface area contributed by atoms with Gasteiger partial charge in [0, 0.05) is 22.9 Å². The van der Waals surface area contributed by atoms with Crippen molar-refractivity contribution in [3.63, 3.8) is 0 Å². The van der Waals surface area contributed by atoms with E-state index in [1.165, 1.54) is 0 Å². The van der Waals surface area contributed by atoms with Crippen LogP contribution in [0.25, 0.3) is 10.8 Å². The van der Waals surface area contributed by atoms with Crippen molar-refractivity contribution >= 4 is 16.7 Å². The Kier molecular flexibility index (Phi) is 3.37. The fourth-order valence-corrected chi connectivity index (χ4v) is 2.61. The topological polar surface area (TPSA) is 47.6 Å². The van der Waals surface area contributed by atoms with E-state index in [-0.39, 0.29) is 23.8 Å². The molecule has 0 saturated heterocycles. The molecule has 0 unspecified atom stereocenters. The van der Waals surface area contributed by atoms with Crippen LogP contribution in [0.3, 0.4) is 0 Å². The third-order valence-corrected chi connectivity index (χ3v) is 3.37. The second-order valence-corrected chi connectivity index (χ2v) is 4.55. The molecule has 1 N–H and O–H groups in total. The Morgan fingerprint density at radius 3 is 2.52 bits per heavy atom. The van der Waals surface area contributed by atoms with Gasteiger partial charge in [0.15, 0.2) is 0 Å². The number of fused-ring (bicyclic) bond motifs is 2. The highest BCUT2D eigenvalue weighted by Gasteiger charge is 2.31. The van der Waals surface area contributed by atoms with Gasteiger partial charge in [0.25, 0.3) is 5.91 Å². The minimum absolute atomic E-state index is 0.0393. The first-order chi connectivity index (χ1) is 10.1. The van der Waals surface area contributed by atoms with Gasteiger partial charge in [-0.1, -0.05) is 24.3 Å². The molecule has 1 amide bonds. The van der Waals surface area contributed by atoms with Crippen LogP contribution in [0.15, 0.2) is 24.3 Å². The molecule has 0 fully saturated rings. The number of alkyl halides is 2. The predicted octanol–water partition coefficient (Wildman–Crippen LogP) is 3.08. The number of benzene rings is 2. The minimum Gasteiger partial charge on any atom is -0.492 e. The molecule has 21 heavy (non-hydrogen) atoms. The van der Waals surface area contributed by atoms with Crippen LogP contribution in [0.5, 0.6) is 11.5 Å². The van der Waals surface area contributed by atoms with E-state index in [0.29, 0.717) is 28.7 Å². The summed E-state index contributed by atoms with van der Waals surface area (Å²) >= 11 is 0. The van der Waals surface area contributed by atoms with Gasteiger partial charge in [0.2, 0.25) is 0 Å². The summed E-state index contributed by atoms with van der Waals surface area (Å²) in [6.45, 7) is -0.622. The largest absolute Gasteiger partial charge is 0.492 e. The zero-order chi connectivity index (χ0) is 15.0. The Morgan fingerprint density at radius 2 is 1.90 bits per heavy atom. The number of rotatable bonds is 4. The van der Waals surface area contributed by atoms with Gasteiger partial charge in [0.1, 0.15) is 11.5 Å². The van der Waals surface area contributed by atoms with E-state index < -0.39 is 6.61 Å². The molecule has 1 heterocycles. The molecular formula is C15H13F2NO3. The van der Waals surface area contributed by atoms with Gasteiger partial charge in [0.05, 0.1) is 12.2 Å². The average Bonchev–Trinajstić information content (AvgIpc) is 2.84. The van der Waals surface area contributed by atoms with Crippen LogP contribution < -0.4 is 14.8 Å². The number of hydrogen-bond acceptors (Lipinski definition) is 3. The van der Waals surface area contributed by atoms with E-state index in [1.807, 2.05) is 0 Å². The molecule has 6 heteroatoms. The van der Waals surface area contributed by atoms with Crippen LogP contribution in [-0.4, -0.2) is 19.1 Å². The monoisotopic (exact) mass is 293 g/mol. The zero-order valence-electron chi connectivity index (χ0n) is 11.3. The molecule has 0 spiro atoms. The average molecular weight is 293 g/mol. The number of nitrogens with one attached hydrogen (secondary N) is 1. The van der Waals surface area contributed by atoms with E-state index in [9.17, 15) is 13.6 Å². The quantitative estimate of drug-likeness (QED) is 0.942. The minimum atomic E-state index is -2.95. The molecule has 0 saturated carbocycles. The molecule has 0 radical (unpaired) electrons. The van der Waals surface area contributed by atoms with Gasteiger partial charge < -0.3 is 14.8 Å². The predicted molar refractivity (Wildman–Crippen MR) is 72.9 cm³/mol. The van der Waals surface area contributed by atoms with Gasteiger partial charge in [-0.05, 0) is 6.92 Å². The Morgan fingerprint density at radius 1 is 1.24 bits per heavy atom. The van der Waals surface area contributed by atoms with Gasteiger partial charge in [-0.15, -0.1) is 0 Å². The molecule has 0 bridgehead atoms. The van der Waals surface area contributed by atoms with Gasteiger partial charge in [-0.2, -0.15) is 8.78 Å². The maximum absolute atomic E-state index is 12.7. The Labute approximate surface area is 119 Å². The van der Waals surface area contributed by atoms with Gasteiger partial charge >= 0.3 is 6.61 Å². The van der Waals surface area contributed by atoms with Crippen molar-refractivity contribution < 1.29 is 23.0 Å². The van der Waals surface area contributed by atoms with E-state index in [0.717, 1.165) is 0 Å². The highest BCUT2D eigenvalue weighted by Crippen LogP contribution is 2.43. The lowest BCUT2D eigenvalue weighted by molar-refractivity contribution is -0.0493. The lowest BCUT2D eigenvalue weighted by Crippen LogP contribution is -2.13. The molecule has 1 aliphatic rings. The highest BCUT2D eigenvalue weighted by atomic mass is 19.3. The van der Waals surface area contributed by atoms with E-state index >= 15 is 0 Å². The highest BCUT2D eigenvalue weighted by molar-refractivity contribution is 6.09. The van der Waals surface area contributed by atoms with Crippen LogP contribution in [0.2, 0.25) is 0 Å². The second kappa shape index (κ2) is 5.20. The Bertz CT molecular complexity index is 716. The summed E-state index contributed by atoms with van der Waals surface area (Å²) in [5.74, 6) is 0.121. The summed E-state index contributed by atoms with van der Waals surface area (Å²) < 4.78 is 35.7. The van der Waals surface area contributed by atoms with Crippen molar-refractivity contribution in [3.05, 3.63) is 35.4 Å². The first kappa shape index (κ1) is 13.6. The van der Waals surface area contributed by atoms with Crippen molar-refractivity contribution in [1.82, 2.24) is 5.32 Å². The van der Waals surface area contributed by atoms with Crippen molar-refractivity contribution in [3.8, 4) is 11.5 Å². The first-order valence-electron chi connectivity index (χ1n) is 6.56. The molecule has 0 aliphatic carbocycles. The Hall–Kier alpha value is -2.37. The van der Waals surface area contributed by atoms with Crippen molar-refractivity contribution in [1.29, 1.82) is 0 Å². The lowest BCUT2D eigenvalue weighted by Gasteiger charge is -2.16. The SMILES string of the molecule is CCOc1c2c(c(OC(F)F)c3ccccc13)CNC2=O. The molecule has 4 nitrogen and oxygen atoms in total. The lowest BCUT2D eigenvalue weighted by atomic mass is 9.99. The van der Waals surface area contributed by atoms with E-state index in [1.54, 1.807) is 31.2 Å². The van der Waals surface area contributed by atoms with E-state index in [2.05, 4.69) is 10.1 Å². The van der Waals surface area contributed by atoms with Crippen molar-refractivity contribution in [2.75, 3.05) is 6.61 Å². The maximum Gasteiger partial charge on any atom is 0.387 e. The molecule has 2 aromatic rings. The molecule has 0 atom stereocenters. The standard InChI is InChI=1S/C15H13F2NO3/c1-2-20-13-9-6-4-3-5-8(9)12(21-15(16)17)10-7-18-14(19)11(10)13/h3-6,15H,2,7H2,1H3,(H,18,19). The third kappa shape index (κ3) is 2.16. The molecular weight excluding hydrogens is 280 g/mol.